The predicted octanol–water partition coefficient (Wildman–Crippen LogP) is 2.64. The zero-order chi connectivity index (χ0) is 16.2. The Bertz CT molecular complexity index is 649. The number of benzene rings is 1. The van der Waals surface area contributed by atoms with Gasteiger partial charge in [0.1, 0.15) is 5.75 Å². The molecule has 0 saturated carbocycles. The topological polar surface area (TPSA) is 64.3 Å². The lowest BCUT2D eigenvalue weighted by Gasteiger charge is -2.32. The first kappa shape index (κ1) is 15.7. The van der Waals surface area contributed by atoms with E-state index in [1.165, 1.54) is 0 Å². The van der Waals surface area contributed by atoms with E-state index in [1.807, 2.05) is 30.5 Å². The Morgan fingerprint density at radius 1 is 1.22 bits per heavy atom. The quantitative estimate of drug-likeness (QED) is 0.940. The molecule has 2 heterocycles. The zero-order valence-electron chi connectivity index (χ0n) is 13.8. The molecule has 1 fully saturated rings. The highest BCUT2D eigenvalue weighted by Gasteiger charge is 2.19. The summed E-state index contributed by atoms with van der Waals surface area (Å²) in [6.07, 6.45) is 4.92. The van der Waals surface area contributed by atoms with Gasteiger partial charge in [0.05, 0.1) is 24.7 Å². The van der Waals surface area contributed by atoms with Crippen molar-refractivity contribution in [1.29, 1.82) is 0 Å². The lowest BCUT2D eigenvalue weighted by molar-refractivity contribution is 0.415. The molecule has 5 nitrogen and oxygen atoms in total. The van der Waals surface area contributed by atoms with Crippen molar-refractivity contribution in [3.05, 3.63) is 36.2 Å². The van der Waals surface area contributed by atoms with Gasteiger partial charge in [-0.25, -0.2) is 9.97 Å². The summed E-state index contributed by atoms with van der Waals surface area (Å²) in [6, 6.07) is 8.19. The molecule has 5 heteroatoms. The summed E-state index contributed by atoms with van der Waals surface area (Å²) < 4.78 is 5.20. The Labute approximate surface area is 137 Å². The van der Waals surface area contributed by atoms with E-state index in [-0.39, 0.29) is 0 Å². The van der Waals surface area contributed by atoms with Crippen LogP contribution in [0.5, 0.6) is 5.75 Å². The first-order valence-corrected chi connectivity index (χ1v) is 8.22. The van der Waals surface area contributed by atoms with Crippen LogP contribution in [0.3, 0.4) is 0 Å². The average Bonchev–Trinajstić information content (AvgIpc) is 2.62. The van der Waals surface area contributed by atoms with Crippen molar-refractivity contribution in [3.63, 3.8) is 0 Å². The molecule has 0 atom stereocenters. The Hall–Kier alpha value is -2.14. The third-order valence-corrected chi connectivity index (χ3v) is 4.41. The van der Waals surface area contributed by atoms with Gasteiger partial charge in [0, 0.05) is 24.7 Å². The van der Waals surface area contributed by atoms with Gasteiger partial charge in [0.15, 0.2) is 5.82 Å². The molecule has 1 aromatic heterocycles. The fraction of sp³-hybridized carbons (Fsp3) is 0.444. The second-order valence-corrected chi connectivity index (χ2v) is 5.93. The van der Waals surface area contributed by atoms with Crippen molar-refractivity contribution in [3.8, 4) is 17.1 Å². The number of methoxy groups -OCH3 is 1. The molecule has 1 aromatic carbocycles. The zero-order valence-corrected chi connectivity index (χ0v) is 13.8. The minimum Gasteiger partial charge on any atom is -0.497 e. The second-order valence-electron chi connectivity index (χ2n) is 5.93. The highest BCUT2D eigenvalue weighted by molar-refractivity contribution is 5.60. The van der Waals surface area contributed by atoms with Crippen LogP contribution in [0.1, 0.15) is 25.5 Å². The number of nitrogens with zero attached hydrogens (tertiary/aromatic N) is 3. The average molecular weight is 312 g/mol. The fourth-order valence-electron chi connectivity index (χ4n) is 2.95. The van der Waals surface area contributed by atoms with Crippen molar-refractivity contribution in [2.45, 2.75) is 32.2 Å². The summed E-state index contributed by atoms with van der Waals surface area (Å²) in [6.45, 7) is 4.11. The number of ether oxygens (including phenoxy) is 1. The van der Waals surface area contributed by atoms with Gasteiger partial charge in [-0.05, 0) is 43.5 Å². The second kappa shape index (κ2) is 6.96. The number of hydrogen-bond donors (Lipinski definition) is 1. The molecule has 0 spiro atoms. The van der Waals surface area contributed by atoms with Crippen LogP contribution in [0.25, 0.3) is 11.4 Å². The third kappa shape index (κ3) is 3.45. The molecule has 122 valence electrons. The van der Waals surface area contributed by atoms with Crippen LogP contribution in [0.15, 0.2) is 30.5 Å². The Morgan fingerprint density at radius 3 is 2.52 bits per heavy atom. The van der Waals surface area contributed by atoms with Gasteiger partial charge in [-0.1, -0.05) is 6.92 Å². The van der Waals surface area contributed by atoms with E-state index < -0.39 is 0 Å². The summed E-state index contributed by atoms with van der Waals surface area (Å²) in [5.41, 5.74) is 9.26. The highest BCUT2D eigenvalue weighted by Crippen LogP contribution is 2.26. The predicted molar refractivity (Wildman–Crippen MR) is 92.8 cm³/mol. The number of hydrogen-bond acceptors (Lipinski definition) is 5. The Kier molecular flexibility index (Phi) is 4.76. The van der Waals surface area contributed by atoms with Crippen LogP contribution >= 0.6 is 0 Å². The van der Waals surface area contributed by atoms with Gasteiger partial charge in [-0.15, -0.1) is 0 Å². The molecule has 0 aliphatic carbocycles. The van der Waals surface area contributed by atoms with E-state index in [2.05, 4.69) is 16.8 Å². The third-order valence-electron chi connectivity index (χ3n) is 4.41. The number of aryl methyl sites for hydroxylation is 1. The maximum atomic E-state index is 6.00. The molecule has 0 bridgehead atoms. The number of aromatic nitrogens is 2. The monoisotopic (exact) mass is 312 g/mol. The number of rotatable bonds is 4. The van der Waals surface area contributed by atoms with Crippen LogP contribution in [0, 0.1) is 0 Å². The van der Waals surface area contributed by atoms with Crippen LogP contribution in [0.2, 0.25) is 0 Å². The summed E-state index contributed by atoms with van der Waals surface area (Å²) in [4.78, 5) is 11.7. The van der Waals surface area contributed by atoms with Crippen molar-refractivity contribution >= 4 is 5.69 Å². The number of anilines is 1. The van der Waals surface area contributed by atoms with Crippen molar-refractivity contribution in [2.24, 2.45) is 5.73 Å². The number of nitrogens with two attached hydrogens (primary N) is 1. The van der Waals surface area contributed by atoms with Gasteiger partial charge < -0.3 is 15.4 Å². The van der Waals surface area contributed by atoms with Crippen LogP contribution in [-0.4, -0.2) is 36.2 Å². The lowest BCUT2D eigenvalue weighted by atomic mass is 10.1. The minimum atomic E-state index is 0.329. The Balaban J connectivity index is 1.86. The van der Waals surface area contributed by atoms with E-state index in [1.54, 1.807) is 7.11 Å². The van der Waals surface area contributed by atoms with Crippen LogP contribution in [-0.2, 0) is 6.42 Å². The van der Waals surface area contributed by atoms with E-state index in [9.17, 15) is 0 Å². The molecule has 2 aromatic rings. The molecule has 0 unspecified atom stereocenters. The summed E-state index contributed by atoms with van der Waals surface area (Å²) >= 11 is 0. The fourth-order valence-corrected chi connectivity index (χ4v) is 2.95. The lowest BCUT2D eigenvalue weighted by Crippen LogP contribution is -2.40. The molecule has 1 saturated heterocycles. The maximum Gasteiger partial charge on any atom is 0.159 e. The first-order chi connectivity index (χ1) is 11.2. The van der Waals surface area contributed by atoms with Crippen molar-refractivity contribution in [1.82, 2.24) is 9.97 Å². The van der Waals surface area contributed by atoms with E-state index in [4.69, 9.17) is 15.5 Å². The molecular formula is C18H24N4O. The SMILES string of the molecule is CCc1nc(-c2ccc(OC)cc2)ncc1N1CCC(N)CC1. The van der Waals surface area contributed by atoms with Crippen LogP contribution in [0.4, 0.5) is 5.69 Å². The van der Waals surface area contributed by atoms with Gasteiger partial charge >= 0.3 is 0 Å². The first-order valence-electron chi connectivity index (χ1n) is 8.22. The van der Waals surface area contributed by atoms with Crippen molar-refractivity contribution in [2.75, 3.05) is 25.1 Å². The van der Waals surface area contributed by atoms with E-state index >= 15 is 0 Å². The van der Waals surface area contributed by atoms with Crippen molar-refractivity contribution < 1.29 is 4.74 Å². The van der Waals surface area contributed by atoms with Crippen LogP contribution < -0.4 is 15.4 Å². The van der Waals surface area contributed by atoms with Gasteiger partial charge in [-0.2, -0.15) is 0 Å². The smallest absolute Gasteiger partial charge is 0.159 e. The minimum absolute atomic E-state index is 0.329. The molecular weight excluding hydrogens is 288 g/mol. The molecule has 0 radical (unpaired) electrons. The molecule has 1 aliphatic heterocycles. The van der Waals surface area contributed by atoms with Gasteiger partial charge in [-0.3, -0.25) is 0 Å². The van der Waals surface area contributed by atoms with E-state index in [0.29, 0.717) is 6.04 Å². The largest absolute Gasteiger partial charge is 0.497 e. The highest BCUT2D eigenvalue weighted by atomic mass is 16.5. The molecule has 3 rings (SSSR count). The Morgan fingerprint density at radius 2 is 1.91 bits per heavy atom. The standard InChI is InChI=1S/C18H24N4O/c1-3-16-17(22-10-8-14(19)9-11-22)12-20-18(21-16)13-4-6-15(23-2)7-5-13/h4-7,12,14H,3,8-11,19H2,1-2H3. The summed E-state index contributed by atoms with van der Waals surface area (Å²) in [5.74, 6) is 1.60. The summed E-state index contributed by atoms with van der Waals surface area (Å²) in [5, 5.41) is 0. The maximum absolute atomic E-state index is 6.00. The molecule has 0 amide bonds. The molecule has 2 N–H and O–H groups in total. The normalized spacial score (nSPS) is 15.7. The molecule has 1 aliphatic rings. The van der Waals surface area contributed by atoms with Gasteiger partial charge in [0.25, 0.3) is 0 Å². The van der Waals surface area contributed by atoms with Gasteiger partial charge in [0.2, 0.25) is 0 Å². The van der Waals surface area contributed by atoms with E-state index in [0.717, 1.165) is 60.9 Å². The number of piperidine rings is 1. The molecule has 23 heavy (non-hydrogen) atoms. The summed E-state index contributed by atoms with van der Waals surface area (Å²) in [7, 11) is 1.67.